The number of aromatic nitrogens is 3. The van der Waals surface area contributed by atoms with Crippen molar-refractivity contribution in [3.05, 3.63) is 54.7 Å². The van der Waals surface area contributed by atoms with Gasteiger partial charge in [-0.1, -0.05) is 26.0 Å². The maximum absolute atomic E-state index is 9.52. The number of nitrogens with zero attached hydrogens (tertiary/aromatic N) is 4. The summed E-state index contributed by atoms with van der Waals surface area (Å²) in [6.45, 7) is 8.42. The van der Waals surface area contributed by atoms with Crippen molar-refractivity contribution in [1.29, 1.82) is 0 Å². The number of imidazole rings is 2. The van der Waals surface area contributed by atoms with Crippen LogP contribution in [0.3, 0.4) is 0 Å². The monoisotopic (exact) mass is 348 g/mol. The molecule has 1 N–H and O–H groups in total. The highest BCUT2D eigenvalue weighted by Gasteiger charge is 2.15. The molecule has 4 rings (SSSR count). The van der Waals surface area contributed by atoms with E-state index < -0.39 is 0 Å². The highest BCUT2D eigenvalue weighted by molar-refractivity contribution is 5.82. The molecule has 0 saturated heterocycles. The van der Waals surface area contributed by atoms with Gasteiger partial charge in [-0.2, -0.15) is 0 Å². The molecule has 5 heteroatoms. The number of hydrogen-bond donors (Lipinski definition) is 1. The van der Waals surface area contributed by atoms with E-state index >= 15 is 0 Å². The summed E-state index contributed by atoms with van der Waals surface area (Å²) in [6, 6.07) is 15.6. The van der Waals surface area contributed by atoms with Gasteiger partial charge in [-0.15, -0.1) is 0 Å². The molecule has 4 aromatic rings. The van der Waals surface area contributed by atoms with E-state index in [2.05, 4.69) is 58.2 Å². The summed E-state index contributed by atoms with van der Waals surface area (Å²) in [5.74, 6) is 1.23. The van der Waals surface area contributed by atoms with Crippen molar-refractivity contribution in [3.8, 4) is 17.0 Å². The number of fused-ring (bicyclic) bond motifs is 3. The normalized spacial score (nSPS) is 11.8. The Hall–Kier alpha value is -2.79. The number of phenols is 1. The maximum Gasteiger partial charge on any atom is 0.215 e. The largest absolute Gasteiger partial charge is 0.508 e. The minimum Gasteiger partial charge on any atom is -0.508 e. The fourth-order valence-electron chi connectivity index (χ4n) is 3.52. The molecule has 26 heavy (non-hydrogen) atoms. The van der Waals surface area contributed by atoms with E-state index in [-0.39, 0.29) is 5.75 Å². The first-order chi connectivity index (χ1) is 12.7. The molecule has 0 radical (unpaired) electrons. The molecule has 0 aliphatic rings. The molecular weight excluding hydrogens is 324 g/mol. The second-order valence-electron chi connectivity index (χ2n) is 6.51. The van der Waals surface area contributed by atoms with E-state index in [1.807, 2.05) is 12.1 Å². The van der Waals surface area contributed by atoms with Crippen LogP contribution in [0.4, 0.5) is 0 Å². The van der Waals surface area contributed by atoms with Gasteiger partial charge < -0.3 is 14.6 Å². The lowest BCUT2D eigenvalue weighted by Gasteiger charge is -2.18. The summed E-state index contributed by atoms with van der Waals surface area (Å²) in [7, 11) is 0. The predicted octanol–water partition coefficient (Wildman–Crippen LogP) is 4.00. The molecule has 0 saturated carbocycles. The Morgan fingerprint density at radius 1 is 0.962 bits per heavy atom. The Labute approximate surface area is 153 Å². The van der Waals surface area contributed by atoms with Crippen LogP contribution >= 0.6 is 0 Å². The van der Waals surface area contributed by atoms with E-state index in [1.54, 1.807) is 12.1 Å². The summed E-state index contributed by atoms with van der Waals surface area (Å²) in [4.78, 5) is 7.33. The van der Waals surface area contributed by atoms with Crippen molar-refractivity contribution in [1.82, 2.24) is 18.9 Å². The Bertz CT molecular complexity index is 1030. The standard InChI is InChI=1S/C21H24N4O/c1-3-23(4-2)13-14-24-19-7-5-6-8-20(19)25-15-18(22-21(24)25)16-9-11-17(26)12-10-16/h5-12,15,26H,3-4,13-14H2,1-2H3. The van der Waals surface area contributed by atoms with Gasteiger partial charge in [0.2, 0.25) is 5.78 Å². The number of aromatic hydroxyl groups is 1. The summed E-state index contributed by atoms with van der Waals surface area (Å²) in [5, 5.41) is 9.52. The van der Waals surface area contributed by atoms with E-state index in [0.29, 0.717) is 0 Å². The van der Waals surface area contributed by atoms with Crippen LogP contribution in [0.5, 0.6) is 5.75 Å². The first-order valence-corrected chi connectivity index (χ1v) is 9.19. The zero-order chi connectivity index (χ0) is 18.1. The van der Waals surface area contributed by atoms with Crippen LogP contribution in [-0.4, -0.2) is 43.6 Å². The smallest absolute Gasteiger partial charge is 0.215 e. The van der Waals surface area contributed by atoms with Gasteiger partial charge >= 0.3 is 0 Å². The molecule has 0 aliphatic heterocycles. The van der Waals surface area contributed by atoms with Crippen molar-refractivity contribution in [2.45, 2.75) is 20.4 Å². The van der Waals surface area contributed by atoms with Gasteiger partial charge in [-0.05, 0) is 49.5 Å². The number of rotatable bonds is 6. The van der Waals surface area contributed by atoms with Gasteiger partial charge in [0.05, 0.1) is 16.7 Å². The highest BCUT2D eigenvalue weighted by atomic mass is 16.3. The molecule has 0 fully saturated rings. The van der Waals surface area contributed by atoms with Crippen molar-refractivity contribution >= 4 is 16.8 Å². The molecule has 134 valence electrons. The van der Waals surface area contributed by atoms with Crippen LogP contribution in [0.25, 0.3) is 28.1 Å². The lowest BCUT2D eigenvalue weighted by Crippen LogP contribution is -2.27. The summed E-state index contributed by atoms with van der Waals surface area (Å²) in [6.07, 6.45) is 2.08. The third-order valence-electron chi connectivity index (χ3n) is 5.06. The maximum atomic E-state index is 9.52. The molecule has 0 spiro atoms. The molecule has 0 aliphatic carbocycles. The molecule has 2 heterocycles. The first kappa shape index (κ1) is 16.7. The second kappa shape index (κ2) is 6.84. The molecule has 0 bridgehead atoms. The van der Waals surface area contributed by atoms with Gasteiger partial charge in [0.25, 0.3) is 0 Å². The lowest BCUT2D eigenvalue weighted by molar-refractivity contribution is 0.293. The molecular formula is C21H24N4O. The van der Waals surface area contributed by atoms with Gasteiger partial charge in [0.15, 0.2) is 0 Å². The number of hydrogen-bond acceptors (Lipinski definition) is 3. The van der Waals surface area contributed by atoms with E-state index in [1.165, 1.54) is 11.0 Å². The SMILES string of the molecule is CCN(CC)CCn1c2ccccc2n2cc(-c3ccc(O)cc3)nc12. The quantitative estimate of drug-likeness (QED) is 0.573. The van der Waals surface area contributed by atoms with Crippen LogP contribution in [0.2, 0.25) is 0 Å². The fraction of sp³-hybridized carbons (Fsp3) is 0.286. The third kappa shape index (κ3) is 2.84. The van der Waals surface area contributed by atoms with Crippen molar-refractivity contribution < 1.29 is 5.11 Å². The predicted molar refractivity (Wildman–Crippen MR) is 106 cm³/mol. The Balaban J connectivity index is 1.81. The summed E-state index contributed by atoms with van der Waals surface area (Å²) < 4.78 is 4.47. The lowest BCUT2D eigenvalue weighted by atomic mass is 10.2. The Morgan fingerprint density at radius 2 is 1.65 bits per heavy atom. The number of likely N-dealkylation sites (N-methyl/N-ethyl adjacent to an activating group) is 1. The molecule has 0 amide bonds. The minimum absolute atomic E-state index is 0.270. The van der Waals surface area contributed by atoms with E-state index in [9.17, 15) is 5.11 Å². The summed E-state index contributed by atoms with van der Waals surface area (Å²) in [5.41, 5.74) is 4.30. The average Bonchev–Trinajstić information content (AvgIpc) is 3.22. The van der Waals surface area contributed by atoms with Crippen LogP contribution in [-0.2, 0) is 6.54 Å². The molecule has 5 nitrogen and oxygen atoms in total. The average molecular weight is 348 g/mol. The van der Waals surface area contributed by atoms with Crippen molar-refractivity contribution in [3.63, 3.8) is 0 Å². The zero-order valence-corrected chi connectivity index (χ0v) is 15.3. The van der Waals surface area contributed by atoms with Gasteiger partial charge in [0, 0.05) is 24.8 Å². The fourth-order valence-corrected chi connectivity index (χ4v) is 3.52. The van der Waals surface area contributed by atoms with E-state index in [4.69, 9.17) is 4.98 Å². The molecule has 2 aromatic carbocycles. The Kier molecular flexibility index (Phi) is 4.39. The van der Waals surface area contributed by atoms with Gasteiger partial charge in [-0.3, -0.25) is 4.40 Å². The van der Waals surface area contributed by atoms with Crippen LogP contribution < -0.4 is 0 Å². The van der Waals surface area contributed by atoms with E-state index in [0.717, 1.165) is 43.2 Å². The number of phenolic OH excluding ortho intramolecular Hbond substituents is 1. The van der Waals surface area contributed by atoms with Crippen LogP contribution in [0.1, 0.15) is 13.8 Å². The number of para-hydroxylation sites is 2. The van der Waals surface area contributed by atoms with Gasteiger partial charge in [0.1, 0.15) is 5.75 Å². The zero-order valence-electron chi connectivity index (χ0n) is 15.3. The van der Waals surface area contributed by atoms with Crippen molar-refractivity contribution in [2.24, 2.45) is 0 Å². The molecule has 0 unspecified atom stereocenters. The molecule has 0 atom stereocenters. The van der Waals surface area contributed by atoms with Crippen LogP contribution in [0.15, 0.2) is 54.7 Å². The minimum atomic E-state index is 0.270. The Morgan fingerprint density at radius 3 is 2.35 bits per heavy atom. The van der Waals surface area contributed by atoms with Crippen LogP contribution in [0, 0.1) is 0 Å². The van der Waals surface area contributed by atoms with Crippen molar-refractivity contribution in [2.75, 3.05) is 19.6 Å². The third-order valence-corrected chi connectivity index (χ3v) is 5.06. The highest BCUT2D eigenvalue weighted by Crippen LogP contribution is 2.26. The topological polar surface area (TPSA) is 45.7 Å². The molecule has 2 aromatic heterocycles. The summed E-state index contributed by atoms with van der Waals surface area (Å²) >= 11 is 0. The second-order valence-corrected chi connectivity index (χ2v) is 6.51. The first-order valence-electron chi connectivity index (χ1n) is 9.19. The van der Waals surface area contributed by atoms with Gasteiger partial charge in [-0.25, -0.2) is 4.98 Å². The number of benzene rings is 2.